The molecule has 4 N–H and O–H groups in total. The van der Waals surface area contributed by atoms with Gasteiger partial charge in [-0.05, 0) is 88.1 Å². The van der Waals surface area contributed by atoms with E-state index in [9.17, 15) is 34.2 Å². The summed E-state index contributed by atoms with van der Waals surface area (Å²) >= 11 is 1.15. The van der Waals surface area contributed by atoms with E-state index in [0.29, 0.717) is 37.1 Å². The highest BCUT2D eigenvalue weighted by Crippen LogP contribution is 2.32. The summed E-state index contributed by atoms with van der Waals surface area (Å²) in [6.07, 6.45) is 3.38. The Morgan fingerprint density at radius 3 is 2.28 bits per heavy atom. The molecule has 0 aliphatic carbocycles. The van der Waals surface area contributed by atoms with Crippen molar-refractivity contribution in [1.29, 1.82) is 0 Å². The average Bonchev–Trinajstić information content (AvgIpc) is 3.67. The number of ether oxygens (including phenoxy) is 2. The molecule has 0 radical (unpaired) electrons. The fourth-order valence-electron chi connectivity index (χ4n) is 7.19. The SMILES string of the molecule is CCCC(=O)OCN(C(=O)[C@@H](NC(=O)[C@H]1CCCCN1C)C(C)CC)[C@H](C[C@@H](OC(C)=O)c1nc(C(=O)N[C@@H](Cc2ccc(O)cc2)C[C@H](C)C(C)O)cs1)C(C)C. The van der Waals surface area contributed by atoms with E-state index in [-0.39, 0.29) is 66.8 Å². The number of likely N-dealkylation sites (N-methyl/N-ethyl adjacent to an activating group) is 1. The van der Waals surface area contributed by atoms with Crippen LogP contribution in [-0.2, 0) is 35.1 Å². The highest BCUT2D eigenvalue weighted by atomic mass is 32.1. The summed E-state index contributed by atoms with van der Waals surface area (Å²) in [5.41, 5.74) is 1.01. The van der Waals surface area contributed by atoms with Crippen LogP contribution in [0, 0.1) is 17.8 Å². The third-order valence-electron chi connectivity index (χ3n) is 11.1. The number of nitrogens with one attached hydrogen (secondary N) is 2. The first-order valence-electron chi connectivity index (χ1n) is 20.8. The third-order valence-corrected chi connectivity index (χ3v) is 12.1. The maximum Gasteiger partial charge on any atom is 0.307 e. The molecule has 324 valence electrons. The summed E-state index contributed by atoms with van der Waals surface area (Å²) in [5.74, 6) is -2.59. The number of nitrogens with zero attached hydrogens (tertiary/aromatic N) is 3. The first-order chi connectivity index (χ1) is 27.4. The minimum Gasteiger partial charge on any atom is -0.508 e. The summed E-state index contributed by atoms with van der Waals surface area (Å²) in [6.45, 7) is 14.9. The van der Waals surface area contributed by atoms with Gasteiger partial charge in [0.1, 0.15) is 22.5 Å². The summed E-state index contributed by atoms with van der Waals surface area (Å²) in [7, 11) is 1.91. The number of hydrogen-bond donors (Lipinski definition) is 4. The number of aliphatic hydroxyl groups is 1. The van der Waals surface area contributed by atoms with Crippen molar-refractivity contribution in [3.05, 3.63) is 45.9 Å². The van der Waals surface area contributed by atoms with Crippen molar-refractivity contribution < 1.29 is 43.7 Å². The third kappa shape index (κ3) is 14.6. The van der Waals surface area contributed by atoms with Gasteiger partial charge in [0.25, 0.3) is 5.91 Å². The van der Waals surface area contributed by atoms with Crippen LogP contribution < -0.4 is 10.6 Å². The number of piperidine rings is 1. The Labute approximate surface area is 348 Å². The van der Waals surface area contributed by atoms with Crippen LogP contribution in [0.3, 0.4) is 0 Å². The molecule has 0 bridgehead atoms. The Morgan fingerprint density at radius 2 is 1.69 bits per heavy atom. The van der Waals surface area contributed by atoms with Crippen LogP contribution in [-0.4, -0.2) is 105 Å². The number of aromatic hydroxyl groups is 1. The standard InChI is InChI=1S/C43H67N5O9S/c1-10-14-38(52)56-25-48(43(55)39(27(5)11-2)46-41(54)35-15-12-13-20-47(35)9)36(26(3)4)23-37(57-30(8)50)42-45-34(24-58-42)40(53)44-32(21-28(6)29(7)49)22-31-16-18-33(51)19-17-31/h16-19,24,26-29,32,35-37,39,49,51H,10-15,20-23,25H2,1-9H3,(H,44,53)(H,46,54)/t27?,28-,29?,32+,35+,36+,37+,39-/m0/s1. The number of benzene rings is 1. The van der Waals surface area contributed by atoms with E-state index in [0.717, 1.165) is 36.3 Å². The van der Waals surface area contributed by atoms with Crippen molar-refractivity contribution in [2.45, 2.75) is 150 Å². The topological polar surface area (TPSA) is 188 Å². The minimum atomic E-state index is -0.964. The zero-order valence-corrected chi connectivity index (χ0v) is 36.7. The van der Waals surface area contributed by atoms with E-state index in [1.807, 2.05) is 53.5 Å². The molecule has 1 aromatic carbocycles. The van der Waals surface area contributed by atoms with Crippen molar-refractivity contribution in [3.8, 4) is 5.75 Å². The molecular weight excluding hydrogens is 763 g/mol. The van der Waals surface area contributed by atoms with E-state index in [1.54, 1.807) is 36.6 Å². The van der Waals surface area contributed by atoms with E-state index in [4.69, 9.17) is 9.47 Å². The largest absolute Gasteiger partial charge is 0.508 e. The lowest BCUT2D eigenvalue weighted by atomic mass is 9.92. The number of likely N-dealkylation sites (tertiary alicyclic amines) is 1. The normalized spacial score (nSPS) is 18.2. The molecule has 2 heterocycles. The Morgan fingerprint density at radius 1 is 1.00 bits per heavy atom. The maximum absolute atomic E-state index is 14.8. The van der Waals surface area contributed by atoms with E-state index in [1.165, 1.54) is 11.8 Å². The molecule has 3 rings (SSSR count). The summed E-state index contributed by atoms with van der Waals surface area (Å²) < 4.78 is 11.5. The Kier molecular flexibility index (Phi) is 19.6. The van der Waals surface area contributed by atoms with Gasteiger partial charge in [-0.15, -0.1) is 11.3 Å². The summed E-state index contributed by atoms with van der Waals surface area (Å²) in [6, 6.07) is 4.44. The Balaban J connectivity index is 1.95. The maximum atomic E-state index is 14.8. The number of aromatic nitrogens is 1. The van der Waals surface area contributed by atoms with Crippen molar-refractivity contribution in [2.24, 2.45) is 17.8 Å². The molecule has 2 aromatic rings. The van der Waals surface area contributed by atoms with Crippen LogP contribution in [0.4, 0.5) is 0 Å². The molecule has 2 unspecified atom stereocenters. The molecule has 15 heteroatoms. The van der Waals surface area contributed by atoms with Crippen LogP contribution in [0.5, 0.6) is 5.75 Å². The van der Waals surface area contributed by atoms with Gasteiger partial charge in [-0.25, -0.2) is 4.98 Å². The number of esters is 2. The highest BCUT2D eigenvalue weighted by molar-refractivity contribution is 7.09. The smallest absolute Gasteiger partial charge is 0.307 e. The molecule has 3 amide bonds. The number of carbonyl (C=O) groups excluding carboxylic acids is 5. The number of phenols is 1. The number of rotatable bonds is 22. The van der Waals surface area contributed by atoms with Gasteiger partial charge in [-0.3, -0.25) is 28.9 Å². The fourth-order valence-corrected chi connectivity index (χ4v) is 8.03. The quantitative estimate of drug-likeness (QED) is 0.0835. The molecular formula is C43H67N5O9S. The number of amides is 3. The number of phenolic OH excluding ortho intramolecular Hbond substituents is 1. The lowest BCUT2D eigenvalue weighted by Gasteiger charge is -2.39. The number of aliphatic hydroxyl groups excluding tert-OH is 1. The number of thiazole rings is 1. The molecule has 0 spiro atoms. The van der Waals surface area contributed by atoms with Gasteiger partial charge in [-0.2, -0.15) is 0 Å². The number of carbonyl (C=O) groups is 5. The van der Waals surface area contributed by atoms with Crippen molar-refractivity contribution in [3.63, 3.8) is 0 Å². The lowest BCUT2D eigenvalue weighted by Crippen LogP contribution is -2.59. The molecule has 14 nitrogen and oxygen atoms in total. The first kappa shape index (κ1) is 48.3. The van der Waals surface area contributed by atoms with Crippen LogP contribution in [0.2, 0.25) is 0 Å². The second kappa shape index (κ2) is 23.5. The molecule has 58 heavy (non-hydrogen) atoms. The van der Waals surface area contributed by atoms with Gasteiger partial charge in [-0.1, -0.05) is 66.5 Å². The van der Waals surface area contributed by atoms with Crippen molar-refractivity contribution in [1.82, 2.24) is 25.4 Å². The molecule has 8 atom stereocenters. The molecule has 1 saturated heterocycles. The van der Waals surface area contributed by atoms with Crippen LogP contribution in [0.25, 0.3) is 0 Å². The Hall–Kier alpha value is -4.08. The minimum absolute atomic E-state index is 0.0742. The molecule has 1 aromatic heterocycles. The second-order valence-electron chi connectivity index (χ2n) is 16.3. The van der Waals surface area contributed by atoms with E-state index >= 15 is 0 Å². The lowest BCUT2D eigenvalue weighted by molar-refractivity contribution is -0.160. The van der Waals surface area contributed by atoms with Crippen molar-refractivity contribution >= 4 is 41.0 Å². The summed E-state index contributed by atoms with van der Waals surface area (Å²) in [5, 5.41) is 28.1. The van der Waals surface area contributed by atoms with Gasteiger partial charge in [0, 0.05) is 37.2 Å². The van der Waals surface area contributed by atoms with Gasteiger partial charge in [0.2, 0.25) is 11.8 Å². The molecule has 1 aliphatic heterocycles. The zero-order chi connectivity index (χ0) is 43.1. The first-order valence-corrected chi connectivity index (χ1v) is 21.7. The molecule has 1 fully saturated rings. The Bertz CT molecular complexity index is 1630. The van der Waals surface area contributed by atoms with Crippen molar-refractivity contribution in [2.75, 3.05) is 20.3 Å². The van der Waals surface area contributed by atoms with Crippen LogP contribution in [0.15, 0.2) is 29.6 Å². The molecule has 1 aliphatic rings. The van der Waals surface area contributed by atoms with Gasteiger partial charge >= 0.3 is 11.9 Å². The van der Waals surface area contributed by atoms with E-state index < -0.39 is 48.0 Å². The van der Waals surface area contributed by atoms with Crippen LogP contribution >= 0.6 is 11.3 Å². The van der Waals surface area contributed by atoms with Gasteiger partial charge in [0.15, 0.2) is 12.8 Å². The number of hydrogen-bond acceptors (Lipinski definition) is 12. The monoisotopic (exact) mass is 829 g/mol. The zero-order valence-electron chi connectivity index (χ0n) is 35.9. The van der Waals surface area contributed by atoms with Crippen LogP contribution in [0.1, 0.15) is 134 Å². The highest BCUT2D eigenvalue weighted by Gasteiger charge is 2.39. The van der Waals surface area contributed by atoms with Gasteiger partial charge < -0.3 is 35.2 Å². The van der Waals surface area contributed by atoms with E-state index in [2.05, 4.69) is 15.6 Å². The van der Waals surface area contributed by atoms with Gasteiger partial charge in [0.05, 0.1) is 12.1 Å². The average molecular weight is 830 g/mol. The predicted octanol–water partition coefficient (Wildman–Crippen LogP) is 5.76. The predicted molar refractivity (Wildman–Crippen MR) is 223 cm³/mol. The summed E-state index contributed by atoms with van der Waals surface area (Å²) in [4.78, 5) is 75.6. The molecule has 0 saturated carbocycles. The fraction of sp³-hybridized carbons (Fsp3) is 0.674. The second-order valence-corrected chi connectivity index (χ2v) is 17.2.